The number of benzene rings is 3. The summed E-state index contributed by atoms with van der Waals surface area (Å²) in [6, 6.07) is 13.1. The Hall–Kier alpha value is -1.98. The predicted octanol–water partition coefficient (Wildman–Crippen LogP) is 8.54. The van der Waals surface area contributed by atoms with E-state index < -0.39 is 0 Å². The maximum absolute atomic E-state index is 6.15. The fourth-order valence-electron chi connectivity index (χ4n) is 4.32. The Morgan fingerprint density at radius 1 is 0.576 bits per heavy atom. The highest BCUT2D eigenvalue weighted by molar-refractivity contribution is 9.08. The van der Waals surface area contributed by atoms with Gasteiger partial charge in [0, 0.05) is 44.0 Å². The van der Waals surface area contributed by atoms with E-state index >= 15 is 0 Å². The Kier molecular flexibility index (Phi) is 8.88. The lowest BCUT2D eigenvalue weighted by Crippen LogP contribution is -2.03. The van der Waals surface area contributed by atoms with Gasteiger partial charge in [-0.3, -0.25) is 0 Å². The van der Waals surface area contributed by atoms with Gasteiger partial charge in [0.25, 0.3) is 0 Å². The van der Waals surface area contributed by atoms with Gasteiger partial charge in [-0.05, 0) is 75.6 Å². The molecular formula is C28H32Br2O3. The van der Waals surface area contributed by atoms with Gasteiger partial charge in [-0.1, -0.05) is 44.0 Å². The molecule has 0 atom stereocenters. The summed E-state index contributed by atoms with van der Waals surface area (Å²) in [6.07, 6.45) is 0. The number of alkyl halides is 2. The highest BCUT2D eigenvalue weighted by Gasteiger charge is 2.22. The first kappa shape index (κ1) is 25.6. The molecule has 0 bridgehead atoms. The first-order chi connectivity index (χ1) is 15.9. The van der Waals surface area contributed by atoms with Gasteiger partial charge in [-0.25, -0.2) is 0 Å². The second kappa shape index (κ2) is 11.4. The Morgan fingerprint density at radius 3 is 1.21 bits per heavy atom. The molecule has 3 rings (SSSR count). The Morgan fingerprint density at radius 2 is 0.909 bits per heavy atom. The van der Waals surface area contributed by atoms with Crippen LogP contribution in [0.25, 0.3) is 22.3 Å². The number of halogens is 2. The van der Waals surface area contributed by atoms with E-state index in [9.17, 15) is 0 Å². The molecule has 0 heterocycles. The molecule has 0 radical (unpaired) electrons. The van der Waals surface area contributed by atoms with Crippen LogP contribution in [0.2, 0.25) is 0 Å². The van der Waals surface area contributed by atoms with Crippen LogP contribution in [0.1, 0.15) is 41.7 Å². The molecular weight excluding hydrogens is 544 g/mol. The molecule has 0 saturated heterocycles. The number of rotatable bonds is 9. The highest BCUT2D eigenvalue weighted by Crippen LogP contribution is 2.48. The van der Waals surface area contributed by atoms with Crippen LogP contribution in [0, 0.1) is 20.8 Å². The van der Waals surface area contributed by atoms with E-state index in [-0.39, 0.29) is 0 Å². The van der Waals surface area contributed by atoms with E-state index in [1.54, 1.807) is 7.11 Å². The maximum atomic E-state index is 6.15. The number of hydrogen-bond donors (Lipinski definition) is 0. The van der Waals surface area contributed by atoms with Gasteiger partial charge < -0.3 is 14.2 Å². The van der Waals surface area contributed by atoms with Gasteiger partial charge in [0.1, 0.15) is 17.2 Å². The van der Waals surface area contributed by atoms with Crippen molar-refractivity contribution in [2.45, 2.75) is 45.3 Å². The zero-order valence-electron chi connectivity index (χ0n) is 20.3. The Labute approximate surface area is 214 Å². The van der Waals surface area contributed by atoms with Crippen LogP contribution in [0.3, 0.4) is 0 Å². The summed E-state index contributed by atoms with van der Waals surface area (Å²) >= 11 is 7.28. The van der Waals surface area contributed by atoms with Crippen LogP contribution in [-0.2, 0) is 10.7 Å². The molecule has 0 aliphatic carbocycles. The van der Waals surface area contributed by atoms with Gasteiger partial charge in [0.2, 0.25) is 0 Å². The molecule has 0 amide bonds. The summed E-state index contributed by atoms with van der Waals surface area (Å²) in [7, 11) is 1.74. The van der Waals surface area contributed by atoms with Crippen LogP contribution >= 0.6 is 31.9 Å². The third-order valence-electron chi connectivity index (χ3n) is 5.50. The zero-order chi connectivity index (χ0) is 24.1. The minimum Gasteiger partial charge on any atom is -0.495 e. The van der Waals surface area contributed by atoms with Crippen LogP contribution in [-0.4, -0.2) is 20.3 Å². The molecule has 3 aromatic carbocycles. The molecule has 0 fully saturated rings. The van der Waals surface area contributed by atoms with Crippen molar-refractivity contribution >= 4 is 31.9 Å². The summed E-state index contributed by atoms with van der Waals surface area (Å²) in [5.41, 5.74) is 9.89. The summed E-state index contributed by atoms with van der Waals surface area (Å²) in [5.74, 6) is 2.61. The highest BCUT2D eigenvalue weighted by atomic mass is 79.9. The second-order valence-corrected chi connectivity index (χ2v) is 9.25. The normalized spacial score (nSPS) is 10.9. The van der Waals surface area contributed by atoms with Crippen molar-refractivity contribution < 1.29 is 14.2 Å². The summed E-state index contributed by atoms with van der Waals surface area (Å²) in [4.78, 5) is 0. The predicted molar refractivity (Wildman–Crippen MR) is 146 cm³/mol. The lowest BCUT2D eigenvalue weighted by Gasteiger charge is -2.22. The van der Waals surface area contributed by atoms with Crippen LogP contribution in [0.4, 0.5) is 0 Å². The number of hydrogen-bond acceptors (Lipinski definition) is 3. The third kappa shape index (κ3) is 5.41. The van der Waals surface area contributed by atoms with Crippen molar-refractivity contribution in [2.24, 2.45) is 0 Å². The fourth-order valence-corrected chi connectivity index (χ4v) is 5.15. The van der Waals surface area contributed by atoms with Crippen LogP contribution < -0.4 is 14.2 Å². The molecule has 33 heavy (non-hydrogen) atoms. The smallest absolute Gasteiger partial charge is 0.134 e. The second-order valence-electron chi connectivity index (χ2n) is 8.13. The molecule has 0 unspecified atom stereocenters. The molecule has 0 aromatic heterocycles. The van der Waals surface area contributed by atoms with E-state index in [0.717, 1.165) is 66.9 Å². The van der Waals surface area contributed by atoms with E-state index in [0.29, 0.717) is 13.2 Å². The van der Waals surface area contributed by atoms with E-state index in [2.05, 4.69) is 89.0 Å². The molecule has 0 N–H and O–H groups in total. The van der Waals surface area contributed by atoms with Gasteiger partial charge in [-0.2, -0.15) is 0 Å². The molecule has 3 nitrogen and oxygen atoms in total. The number of ether oxygens (including phenoxy) is 3. The molecule has 3 aromatic rings. The molecule has 0 aliphatic heterocycles. The standard InChI is InChI=1S/C28H32Br2O3/c1-7-32-26-20(15-29)9-17(3)11-22(26)24-13-19(5)14-25(28(24)31-6)23-12-18(4)10-21(16-30)27(23)33-8-2/h9-14H,7-8,15-16H2,1-6H3. The van der Waals surface area contributed by atoms with Crippen molar-refractivity contribution in [1.82, 2.24) is 0 Å². The fraction of sp³-hybridized carbons (Fsp3) is 0.357. The first-order valence-electron chi connectivity index (χ1n) is 11.2. The van der Waals surface area contributed by atoms with Crippen molar-refractivity contribution in [3.8, 4) is 39.5 Å². The monoisotopic (exact) mass is 574 g/mol. The average Bonchev–Trinajstić information content (AvgIpc) is 2.80. The third-order valence-corrected chi connectivity index (χ3v) is 6.71. The van der Waals surface area contributed by atoms with Gasteiger partial charge in [0.05, 0.1) is 20.3 Å². The van der Waals surface area contributed by atoms with E-state index in [1.807, 2.05) is 13.8 Å². The Balaban J connectivity index is 2.40. The number of methoxy groups -OCH3 is 1. The minimum atomic E-state index is 0.595. The molecule has 0 aliphatic rings. The van der Waals surface area contributed by atoms with Crippen molar-refractivity contribution in [3.63, 3.8) is 0 Å². The molecule has 0 spiro atoms. The largest absolute Gasteiger partial charge is 0.495 e. The van der Waals surface area contributed by atoms with E-state index in [1.165, 1.54) is 11.1 Å². The van der Waals surface area contributed by atoms with Gasteiger partial charge >= 0.3 is 0 Å². The summed E-state index contributed by atoms with van der Waals surface area (Å²) < 4.78 is 18.4. The van der Waals surface area contributed by atoms with E-state index in [4.69, 9.17) is 14.2 Å². The first-order valence-corrected chi connectivity index (χ1v) is 13.5. The quantitative estimate of drug-likeness (QED) is 0.239. The molecule has 176 valence electrons. The lowest BCUT2D eigenvalue weighted by molar-refractivity contribution is 0.338. The molecule has 5 heteroatoms. The lowest BCUT2D eigenvalue weighted by atomic mass is 9.91. The zero-order valence-corrected chi connectivity index (χ0v) is 23.4. The minimum absolute atomic E-state index is 0.595. The van der Waals surface area contributed by atoms with Crippen molar-refractivity contribution in [3.05, 3.63) is 64.2 Å². The SMILES string of the molecule is CCOc1c(CBr)cc(C)cc1-c1cc(C)cc(-c2cc(C)cc(CBr)c2OCC)c1OC. The Bertz CT molecular complexity index is 1050. The average molecular weight is 576 g/mol. The van der Waals surface area contributed by atoms with Gasteiger partial charge in [-0.15, -0.1) is 0 Å². The van der Waals surface area contributed by atoms with Gasteiger partial charge in [0.15, 0.2) is 0 Å². The summed E-state index contributed by atoms with van der Waals surface area (Å²) in [6.45, 7) is 11.6. The van der Waals surface area contributed by atoms with Crippen LogP contribution in [0.5, 0.6) is 17.2 Å². The maximum Gasteiger partial charge on any atom is 0.134 e. The topological polar surface area (TPSA) is 27.7 Å². The molecule has 0 saturated carbocycles. The van der Waals surface area contributed by atoms with Crippen molar-refractivity contribution in [1.29, 1.82) is 0 Å². The van der Waals surface area contributed by atoms with Crippen LogP contribution in [0.15, 0.2) is 36.4 Å². The number of aryl methyl sites for hydroxylation is 3. The summed E-state index contributed by atoms with van der Waals surface area (Å²) in [5, 5.41) is 1.44. The van der Waals surface area contributed by atoms with Crippen molar-refractivity contribution in [2.75, 3.05) is 20.3 Å².